The highest BCUT2D eigenvalue weighted by molar-refractivity contribution is 5.63. The molecule has 0 aliphatic rings. The van der Waals surface area contributed by atoms with Crippen molar-refractivity contribution in [3.63, 3.8) is 0 Å². The lowest BCUT2D eigenvalue weighted by atomic mass is 10.0. The molecule has 0 bridgehead atoms. The van der Waals surface area contributed by atoms with Gasteiger partial charge in [-0.15, -0.1) is 0 Å². The number of nitrogens with zero attached hydrogens (tertiary/aromatic N) is 1. The lowest BCUT2D eigenvalue weighted by Crippen LogP contribution is -2.14. The molecule has 1 N–H and O–H groups in total. The number of aromatic nitrogens is 2. The molecule has 0 amide bonds. The summed E-state index contributed by atoms with van der Waals surface area (Å²) < 4.78 is 0. The Labute approximate surface area is 94.2 Å². The molecule has 2 rings (SSSR count). The summed E-state index contributed by atoms with van der Waals surface area (Å²) in [4.78, 5) is 11.4. The van der Waals surface area contributed by atoms with E-state index < -0.39 is 0 Å². The summed E-state index contributed by atoms with van der Waals surface area (Å²) in [5.41, 5.74) is 4.63. The molecular formula is C13H14N2O. The van der Waals surface area contributed by atoms with Crippen molar-refractivity contribution >= 4 is 0 Å². The van der Waals surface area contributed by atoms with Gasteiger partial charge in [0.15, 0.2) is 0 Å². The van der Waals surface area contributed by atoms with E-state index in [1.165, 1.54) is 5.56 Å². The quantitative estimate of drug-likeness (QED) is 0.792. The molecule has 0 unspecified atom stereocenters. The highest BCUT2D eigenvalue weighted by Gasteiger charge is 2.07. The molecule has 1 aromatic carbocycles. The Kier molecular flexibility index (Phi) is 2.60. The normalized spacial score (nSPS) is 10.4. The molecular weight excluding hydrogens is 200 g/mol. The molecule has 2 aromatic rings. The minimum atomic E-state index is -0.117. The predicted octanol–water partition coefficient (Wildman–Crippen LogP) is 2.36. The van der Waals surface area contributed by atoms with E-state index in [1.807, 2.05) is 45.0 Å². The van der Waals surface area contributed by atoms with Crippen LogP contribution in [-0.2, 0) is 0 Å². The van der Waals surface area contributed by atoms with Gasteiger partial charge >= 0.3 is 0 Å². The van der Waals surface area contributed by atoms with Gasteiger partial charge in [-0.2, -0.15) is 5.10 Å². The van der Waals surface area contributed by atoms with Crippen LogP contribution in [0.25, 0.3) is 11.3 Å². The number of H-pyrrole nitrogens is 1. The van der Waals surface area contributed by atoms with Crippen molar-refractivity contribution in [2.45, 2.75) is 20.8 Å². The smallest absolute Gasteiger partial charge is 0.267 e. The predicted molar refractivity (Wildman–Crippen MR) is 64.5 cm³/mol. The van der Waals surface area contributed by atoms with E-state index in [4.69, 9.17) is 0 Å². The van der Waals surface area contributed by atoms with E-state index in [-0.39, 0.29) is 5.56 Å². The van der Waals surface area contributed by atoms with Crippen LogP contribution in [0.5, 0.6) is 0 Å². The number of nitrogens with one attached hydrogen (secondary N) is 1. The standard InChI is InChI=1S/C13H14N2O/c1-8-4-6-11(7-5-8)12-9(2)10(3)13(16)15-14-12/h4-7H,1-3H3,(H,15,16). The number of hydrogen-bond acceptors (Lipinski definition) is 2. The van der Waals surface area contributed by atoms with Gasteiger partial charge in [-0.1, -0.05) is 29.8 Å². The molecule has 0 saturated carbocycles. The molecule has 0 saturated heterocycles. The van der Waals surface area contributed by atoms with Crippen molar-refractivity contribution < 1.29 is 0 Å². The fraction of sp³-hybridized carbons (Fsp3) is 0.231. The second kappa shape index (κ2) is 3.93. The average Bonchev–Trinajstić information content (AvgIpc) is 2.28. The van der Waals surface area contributed by atoms with Crippen LogP contribution >= 0.6 is 0 Å². The lowest BCUT2D eigenvalue weighted by Gasteiger charge is -2.06. The van der Waals surface area contributed by atoms with Crippen molar-refractivity contribution in [1.82, 2.24) is 10.2 Å². The number of rotatable bonds is 1. The third-order valence-corrected chi connectivity index (χ3v) is 2.85. The summed E-state index contributed by atoms with van der Waals surface area (Å²) >= 11 is 0. The third-order valence-electron chi connectivity index (χ3n) is 2.85. The molecule has 3 heteroatoms. The maximum absolute atomic E-state index is 11.4. The van der Waals surface area contributed by atoms with Crippen LogP contribution in [0.4, 0.5) is 0 Å². The first kappa shape index (κ1) is 10.6. The molecule has 1 aromatic heterocycles. The van der Waals surface area contributed by atoms with Gasteiger partial charge in [-0.25, -0.2) is 5.10 Å². The molecule has 0 fully saturated rings. The lowest BCUT2D eigenvalue weighted by molar-refractivity contribution is 0.959. The molecule has 1 heterocycles. The van der Waals surface area contributed by atoms with Gasteiger partial charge in [-0.3, -0.25) is 4.79 Å². The largest absolute Gasteiger partial charge is 0.268 e. The highest BCUT2D eigenvalue weighted by atomic mass is 16.1. The van der Waals surface area contributed by atoms with Crippen molar-refractivity contribution in [3.8, 4) is 11.3 Å². The first-order valence-electron chi connectivity index (χ1n) is 5.22. The van der Waals surface area contributed by atoms with Crippen LogP contribution in [0.2, 0.25) is 0 Å². The zero-order valence-electron chi connectivity index (χ0n) is 9.66. The van der Waals surface area contributed by atoms with Gasteiger partial charge in [0.05, 0.1) is 5.69 Å². The summed E-state index contributed by atoms with van der Waals surface area (Å²) in [5.74, 6) is 0. The van der Waals surface area contributed by atoms with Gasteiger partial charge in [0.2, 0.25) is 0 Å². The first-order chi connectivity index (χ1) is 7.59. The topological polar surface area (TPSA) is 45.8 Å². The molecule has 0 aliphatic heterocycles. The van der Waals surface area contributed by atoms with Gasteiger partial charge in [0.25, 0.3) is 5.56 Å². The number of aryl methyl sites for hydroxylation is 1. The minimum absolute atomic E-state index is 0.117. The van der Waals surface area contributed by atoms with Crippen LogP contribution in [0.3, 0.4) is 0 Å². The second-order valence-electron chi connectivity index (χ2n) is 4.02. The summed E-state index contributed by atoms with van der Waals surface area (Å²) in [6, 6.07) is 8.11. The molecule has 16 heavy (non-hydrogen) atoms. The van der Waals surface area contributed by atoms with Crippen molar-refractivity contribution in [1.29, 1.82) is 0 Å². The van der Waals surface area contributed by atoms with Gasteiger partial charge in [0.1, 0.15) is 0 Å². The van der Waals surface area contributed by atoms with E-state index in [0.717, 1.165) is 22.4 Å². The zero-order chi connectivity index (χ0) is 11.7. The number of hydrogen-bond donors (Lipinski definition) is 1. The van der Waals surface area contributed by atoms with Crippen LogP contribution in [0.15, 0.2) is 29.1 Å². The average molecular weight is 214 g/mol. The number of aromatic amines is 1. The molecule has 0 radical (unpaired) electrons. The van der Waals surface area contributed by atoms with E-state index in [2.05, 4.69) is 10.2 Å². The van der Waals surface area contributed by atoms with Crippen molar-refractivity contribution in [2.75, 3.05) is 0 Å². The Morgan fingerprint density at radius 2 is 1.62 bits per heavy atom. The van der Waals surface area contributed by atoms with Gasteiger partial charge in [0, 0.05) is 11.1 Å². The molecule has 82 valence electrons. The van der Waals surface area contributed by atoms with Gasteiger partial charge in [-0.05, 0) is 26.3 Å². The summed E-state index contributed by atoms with van der Waals surface area (Å²) in [7, 11) is 0. The Morgan fingerprint density at radius 3 is 2.25 bits per heavy atom. The maximum Gasteiger partial charge on any atom is 0.267 e. The fourth-order valence-corrected chi connectivity index (χ4v) is 1.61. The van der Waals surface area contributed by atoms with Crippen LogP contribution in [0.1, 0.15) is 16.7 Å². The molecule has 3 nitrogen and oxygen atoms in total. The molecule has 0 aliphatic carbocycles. The minimum Gasteiger partial charge on any atom is -0.268 e. The fourth-order valence-electron chi connectivity index (χ4n) is 1.61. The van der Waals surface area contributed by atoms with Crippen LogP contribution in [-0.4, -0.2) is 10.2 Å². The summed E-state index contributed by atoms with van der Waals surface area (Å²) in [6.07, 6.45) is 0. The van der Waals surface area contributed by atoms with Crippen LogP contribution in [0, 0.1) is 20.8 Å². The maximum atomic E-state index is 11.4. The third kappa shape index (κ3) is 1.76. The number of benzene rings is 1. The van der Waals surface area contributed by atoms with E-state index >= 15 is 0 Å². The van der Waals surface area contributed by atoms with Crippen molar-refractivity contribution in [3.05, 3.63) is 51.3 Å². The van der Waals surface area contributed by atoms with Crippen molar-refractivity contribution in [2.24, 2.45) is 0 Å². The first-order valence-corrected chi connectivity index (χ1v) is 5.22. The van der Waals surface area contributed by atoms with E-state index in [1.54, 1.807) is 0 Å². The Hall–Kier alpha value is -1.90. The van der Waals surface area contributed by atoms with E-state index in [9.17, 15) is 4.79 Å². The summed E-state index contributed by atoms with van der Waals surface area (Å²) in [6.45, 7) is 5.78. The molecule has 0 spiro atoms. The monoisotopic (exact) mass is 214 g/mol. The summed E-state index contributed by atoms with van der Waals surface area (Å²) in [5, 5.41) is 6.62. The second-order valence-corrected chi connectivity index (χ2v) is 4.02. The Balaban J connectivity index is 2.61. The Morgan fingerprint density at radius 1 is 1.00 bits per heavy atom. The SMILES string of the molecule is Cc1ccc(-c2n[nH]c(=O)c(C)c2C)cc1. The zero-order valence-corrected chi connectivity index (χ0v) is 9.66. The Bertz CT molecular complexity index is 567. The highest BCUT2D eigenvalue weighted by Crippen LogP contribution is 2.20. The van der Waals surface area contributed by atoms with Crippen LogP contribution < -0.4 is 5.56 Å². The van der Waals surface area contributed by atoms with Gasteiger partial charge < -0.3 is 0 Å². The molecule has 0 atom stereocenters. The van der Waals surface area contributed by atoms with E-state index in [0.29, 0.717) is 0 Å².